The Kier molecular flexibility index (Phi) is 32.9. The first kappa shape index (κ1) is 98.8. The Morgan fingerprint density at radius 3 is 1.31 bits per heavy atom. The van der Waals surface area contributed by atoms with Gasteiger partial charge < -0.3 is 86.0 Å². The molecule has 0 atom stereocenters. The lowest BCUT2D eigenvalue weighted by molar-refractivity contribution is 0.00578. The Balaban J connectivity index is 0.000000144. The highest BCUT2D eigenvalue weighted by Gasteiger charge is 2.64. The number of fused-ring (bicyclic) bond motifs is 6. The lowest BCUT2D eigenvalue weighted by Crippen LogP contribution is -2.41. The first-order valence-corrected chi connectivity index (χ1v) is 46.9. The van der Waals surface area contributed by atoms with Gasteiger partial charge in [0.05, 0.1) is 76.8 Å². The van der Waals surface area contributed by atoms with E-state index in [9.17, 15) is 19.2 Å². The summed E-state index contributed by atoms with van der Waals surface area (Å²) in [7, 11) is 4.25. The number of aromatic amines is 1. The van der Waals surface area contributed by atoms with Gasteiger partial charge in [-0.1, -0.05) is 74.5 Å². The van der Waals surface area contributed by atoms with Crippen LogP contribution < -0.4 is 16.1 Å². The minimum Gasteiger partial charge on any atom is -0.461 e. The summed E-state index contributed by atoms with van der Waals surface area (Å²) in [5.74, 6) is -1.21. The van der Waals surface area contributed by atoms with E-state index in [1.807, 2.05) is 234 Å². The first-order valence-electron chi connectivity index (χ1n) is 44.9. The molecule has 0 saturated carbocycles. The van der Waals surface area contributed by atoms with E-state index in [0.717, 1.165) is 135 Å². The van der Waals surface area contributed by atoms with E-state index in [-0.39, 0.29) is 57.5 Å². The molecule has 3 N–H and O–H groups in total. The molecule has 0 bridgehead atoms. The number of anilines is 2. The average Bonchev–Trinajstić information content (AvgIpc) is 1.03. The lowest BCUT2D eigenvalue weighted by atomic mass is 9.49. The molecule has 5 fully saturated rings. The molecular weight excluding hydrogens is 1780 g/mol. The molecule has 5 saturated heterocycles. The largest absolute Gasteiger partial charge is 0.494 e. The second-order valence-electron chi connectivity index (χ2n) is 35.9. The first-order chi connectivity index (χ1) is 61.3. The van der Waals surface area contributed by atoms with Crippen LogP contribution in [0.3, 0.4) is 0 Å². The monoisotopic (exact) mass is 1910 g/mol. The van der Waals surface area contributed by atoms with Gasteiger partial charge in [0.2, 0.25) is 0 Å². The Morgan fingerprint density at radius 1 is 0.450 bits per heavy atom. The molecule has 4 aromatic carbocycles. The number of carbonyl (C=O) groups is 4. The van der Waals surface area contributed by atoms with Crippen molar-refractivity contribution in [3.63, 3.8) is 0 Å². The summed E-state index contributed by atoms with van der Waals surface area (Å²) in [6.45, 7) is 42.2. The quantitative estimate of drug-likeness (QED) is 0.0198. The van der Waals surface area contributed by atoms with Gasteiger partial charge in [0, 0.05) is 139 Å². The molecule has 0 radical (unpaired) electrons. The van der Waals surface area contributed by atoms with Gasteiger partial charge in [0.25, 0.3) is 0 Å². The highest BCUT2D eigenvalue weighted by atomic mass is 79.9. The fourth-order valence-corrected chi connectivity index (χ4v) is 16.9. The van der Waals surface area contributed by atoms with Gasteiger partial charge in [-0.15, -0.1) is 0 Å². The molecule has 12 aromatic rings. The summed E-state index contributed by atoms with van der Waals surface area (Å²) in [5.41, 5.74) is 10.6. The van der Waals surface area contributed by atoms with E-state index in [1.165, 1.54) is 71.2 Å². The SMILES string of the molecule is CC1(C)OB(B2OC(C)(C)C(C)(C)O2)OC1(C)C.CCOC(=O)c1cc2cc(-c3cc(NCCCN4CCCCC4)c4cnccc4n3)ccc2n1C.CCOC(=O)c1cc2cc(B3OC(C)(C)C(C)(C)O3)ccc2n1C.CCOC(=O)c1cc2cc(Br)ccc2[nH]1.CCOC(=O)c1cc2cc(Br)ccc2n1C.Clc1cc(NCCCN2CCCCC2)c2cnccc2n1. The van der Waals surface area contributed by atoms with Gasteiger partial charge in [0.15, 0.2) is 0 Å². The normalized spacial score (nSPS) is 17.1. The summed E-state index contributed by atoms with van der Waals surface area (Å²) >= 11 is 12.9. The Labute approximate surface area is 780 Å². The second-order valence-corrected chi connectivity index (χ2v) is 38.1. The van der Waals surface area contributed by atoms with Crippen LogP contribution in [0.5, 0.6) is 0 Å². The highest BCUT2D eigenvalue weighted by Crippen LogP contribution is 2.44. The van der Waals surface area contributed by atoms with Crippen molar-refractivity contribution in [2.75, 3.05) is 89.4 Å². The van der Waals surface area contributed by atoms with E-state index in [2.05, 4.69) is 90.4 Å². The molecule has 13 heterocycles. The average molecular weight is 1910 g/mol. The Morgan fingerprint density at radius 2 is 0.845 bits per heavy atom. The predicted octanol–water partition coefficient (Wildman–Crippen LogP) is 20.0. The number of hydrogen-bond donors (Lipinski definition) is 3. The molecule has 0 aliphatic carbocycles. The maximum atomic E-state index is 12.3. The maximum absolute atomic E-state index is 12.3. The number of pyridine rings is 4. The van der Waals surface area contributed by atoms with Crippen molar-refractivity contribution >= 4 is 171 Å². The molecule has 129 heavy (non-hydrogen) atoms. The van der Waals surface area contributed by atoms with Gasteiger partial charge in [-0.25, -0.2) is 29.1 Å². The summed E-state index contributed by atoms with van der Waals surface area (Å²) < 4.78 is 63.8. The summed E-state index contributed by atoms with van der Waals surface area (Å²) in [5, 5.41) is 13.7. The molecular formula is C97H124B3Br2ClN12O14. The topological polar surface area (TPSA) is 273 Å². The van der Waals surface area contributed by atoms with Crippen molar-refractivity contribution < 1.29 is 66.1 Å². The number of benzene rings is 4. The van der Waals surface area contributed by atoms with Crippen LogP contribution >= 0.6 is 43.5 Å². The smallest absolute Gasteiger partial charge is 0.461 e. The number of likely N-dealkylation sites (tertiary alicyclic amines) is 2. The minimum absolute atomic E-state index is 0.280. The second kappa shape index (κ2) is 43.0. The van der Waals surface area contributed by atoms with E-state index in [1.54, 1.807) is 39.2 Å². The van der Waals surface area contributed by atoms with Crippen LogP contribution in [0.25, 0.3) is 76.7 Å². The molecule has 0 amide bonds. The van der Waals surface area contributed by atoms with Crippen molar-refractivity contribution in [3.8, 4) is 11.3 Å². The Hall–Kier alpha value is -9.24. The molecule has 0 spiro atoms. The van der Waals surface area contributed by atoms with Crippen LogP contribution in [-0.2, 0) is 68.0 Å². The Bertz CT molecular complexity index is 5840. The number of H-pyrrole nitrogens is 1. The molecule has 8 aromatic heterocycles. The number of esters is 4. The van der Waals surface area contributed by atoms with Crippen molar-refractivity contribution in [3.05, 3.63) is 183 Å². The number of aromatic nitrogens is 8. The van der Waals surface area contributed by atoms with Crippen molar-refractivity contribution in [1.29, 1.82) is 0 Å². The molecule has 0 unspecified atom stereocenters. The highest BCUT2D eigenvalue weighted by molar-refractivity contribution is 9.10. The van der Waals surface area contributed by atoms with Crippen LogP contribution in [0, 0.1) is 0 Å². The third kappa shape index (κ3) is 24.0. The summed E-state index contributed by atoms with van der Waals surface area (Å²) in [4.78, 5) is 73.4. The number of halogens is 3. The minimum atomic E-state index is -0.476. The third-order valence-electron chi connectivity index (χ3n) is 25.3. The fraction of sp³-hybridized carbons (Fsp3) is 0.464. The van der Waals surface area contributed by atoms with E-state index in [4.69, 9.17) is 63.5 Å². The third-order valence-corrected chi connectivity index (χ3v) is 26.4. The number of piperidine rings is 2. The number of hydrogen-bond acceptors (Lipinski definition) is 22. The molecule has 26 nitrogen and oxygen atoms in total. The number of nitrogens with one attached hydrogen (secondary N) is 3. The standard InChI is InChI=1S/C28H33N5O2.C18H24BNO4.C16H21ClN4.C12H24B2O4.C12H12BrNO2.C11H10BrNO2/c1-3-35-28(34)27-17-21-16-20(8-9-26(21)32(27)2)24-18-25(22-19-29-12-10-23(22)31-24)30-11-7-15-33-13-5-4-6-14-33;1-7-22-16(21)15-11-12-10-13(8-9-14(12)20(15)6)19-23-17(2,3)18(4,5)24-19;17-16-11-15(13-12-18-7-5-14(13)20-16)19-6-4-10-21-8-2-1-3-9-21;1-9(2)10(3,4)16-13(15-9)14-17-11(5,6)12(7,8)18-14;1-3-16-12(15)11-7-8-6-9(13)4-5-10(8)14(11)2;1-2-15-11(14)10-6-7-5-8(12)3-4-9(7)13-10/h8-10,12,16-19H,3-7,11,13-15H2,1-2H3,(H,30,31);8-11H,7H2,1-6H3;5,7,11-12H,1-4,6,8-10H2,(H,19,20);1-8H3;4-7H,3H2,1-2H3;3-6,13H,2H2,1H3. The van der Waals surface area contributed by atoms with Gasteiger partial charge in [0.1, 0.15) is 27.9 Å². The molecule has 17 rings (SSSR count). The van der Waals surface area contributed by atoms with E-state index < -0.39 is 21.1 Å². The van der Waals surface area contributed by atoms with Crippen molar-refractivity contribution in [2.45, 2.75) is 196 Å². The number of carbonyl (C=O) groups excluding carboxylic acids is 4. The van der Waals surface area contributed by atoms with Crippen LogP contribution in [0.2, 0.25) is 5.15 Å². The number of aryl methyl sites for hydroxylation is 3. The molecule has 686 valence electrons. The van der Waals surface area contributed by atoms with Crippen LogP contribution in [0.4, 0.5) is 11.4 Å². The molecule has 5 aliphatic rings. The number of ether oxygens (including phenoxy) is 4. The lowest BCUT2D eigenvalue weighted by Gasteiger charge is -2.32. The van der Waals surface area contributed by atoms with Gasteiger partial charge in [-0.3, -0.25) is 9.97 Å². The number of rotatable bonds is 21. The fourth-order valence-electron chi connectivity index (χ4n) is 15.9. The van der Waals surface area contributed by atoms with Gasteiger partial charge in [-0.2, -0.15) is 0 Å². The number of nitrogens with zero attached hydrogens (tertiary/aromatic N) is 9. The van der Waals surface area contributed by atoms with Crippen molar-refractivity contribution in [2.24, 2.45) is 21.1 Å². The van der Waals surface area contributed by atoms with Crippen LogP contribution in [0.1, 0.15) is 204 Å². The van der Waals surface area contributed by atoms with Gasteiger partial charge in [-0.05, 0) is 297 Å². The van der Waals surface area contributed by atoms with Crippen LogP contribution in [0.15, 0.2) is 155 Å². The van der Waals surface area contributed by atoms with Gasteiger partial charge >= 0.3 is 45.0 Å². The molecule has 32 heteroatoms. The zero-order valence-corrected chi connectivity index (χ0v) is 82.0. The zero-order chi connectivity index (χ0) is 92.9. The van der Waals surface area contributed by atoms with Crippen LogP contribution in [-0.4, -0.2) is 206 Å². The summed E-state index contributed by atoms with van der Waals surface area (Å²) in [6, 6.07) is 39.1. The predicted molar refractivity (Wildman–Crippen MR) is 524 cm³/mol. The maximum Gasteiger partial charge on any atom is 0.494 e. The van der Waals surface area contributed by atoms with E-state index in [0.29, 0.717) is 54.4 Å². The zero-order valence-electron chi connectivity index (χ0n) is 78.1. The van der Waals surface area contributed by atoms with Crippen molar-refractivity contribution in [1.82, 2.24) is 48.4 Å². The molecule has 5 aliphatic heterocycles. The van der Waals surface area contributed by atoms with E-state index >= 15 is 0 Å². The summed E-state index contributed by atoms with van der Waals surface area (Å²) in [6.07, 6.45) is 17.6.